The Morgan fingerprint density at radius 2 is 1.79 bits per heavy atom. The van der Waals surface area contributed by atoms with Gasteiger partial charge >= 0.3 is 0 Å². The van der Waals surface area contributed by atoms with Gasteiger partial charge < -0.3 is 14.4 Å². The van der Waals surface area contributed by atoms with E-state index in [-0.39, 0.29) is 24.3 Å². The van der Waals surface area contributed by atoms with Gasteiger partial charge in [-0.05, 0) is 61.9 Å². The molecule has 6 nitrogen and oxygen atoms in total. The Labute approximate surface area is 201 Å². The lowest BCUT2D eigenvalue weighted by Crippen LogP contribution is -2.38. The number of carbonyl (C=O) groups is 2. The molecule has 2 aliphatic rings. The van der Waals surface area contributed by atoms with E-state index in [1.54, 1.807) is 0 Å². The van der Waals surface area contributed by atoms with Crippen LogP contribution in [0, 0.1) is 0 Å². The van der Waals surface area contributed by atoms with Crippen molar-refractivity contribution in [3.8, 4) is 0 Å². The molecule has 2 amide bonds. The predicted octanol–water partition coefficient (Wildman–Crippen LogP) is 4.91. The van der Waals surface area contributed by atoms with Crippen molar-refractivity contribution in [1.82, 2.24) is 14.5 Å². The highest BCUT2D eigenvalue weighted by Crippen LogP contribution is 2.33. The number of unbranched alkanes of at least 4 members (excludes halogenated alkanes) is 1. The molecular weight excluding hydrogens is 424 g/mol. The third-order valence-corrected chi connectivity index (χ3v) is 7.24. The Kier molecular flexibility index (Phi) is 6.66. The summed E-state index contributed by atoms with van der Waals surface area (Å²) in [6, 6.07) is 16.4. The highest BCUT2D eigenvalue weighted by molar-refractivity contribution is 5.96. The lowest BCUT2D eigenvalue weighted by molar-refractivity contribution is -0.132. The van der Waals surface area contributed by atoms with E-state index in [0.29, 0.717) is 13.0 Å². The average molecular weight is 459 g/mol. The molecule has 1 aromatic heterocycles. The van der Waals surface area contributed by atoms with E-state index in [1.165, 1.54) is 24.8 Å². The molecule has 0 N–H and O–H groups in total. The van der Waals surface area contributed by atoms with Crippen LogP contribution >= 0.6 is 0 Å². The third kappa shape index (κ3) is 4.59. The topological polar surface area (TPSA) is 58.4 Å². The molecule has 3 aromatic rings. The lowest BCUT2D eigenvalue weighted by atomic mass is 10.1. The van der Waals surface area contributed by atoms with Crippen LogP contribution in [0.1, 0.15) is 62.8 Å². The zero-order chi connectivity index (χ0) is 23.5. The van der Waals surface area contributed by atoms with Gasteiger partial charge in [0, 0.05) is 37.7 Å². The number of hydrogen-bond acceptors (Lipinski definition) is 3. The molecular formula is C28H34N4O2. The minimum atomic E-state index is -0.0335. The van der Waals surface area contributed by atoms with Gasteiger partial charge in [-0.25, -0.2) is 4.98 Å². The summed E-state index contributed by atoms with van der Waals surface area (Å²) in [5.41, 5.74) is 4.11. The van der Waals surface area contributed by atoms with Crippen LogP contribution in [-0.2, 0) is 22.6 Å². The number of para-hydroxylation sites is 2. The number of amides is 2. The van der Waals surface area contributed by atoms with Gasteiger partial charge in [0.15, 0.2) is 0 Å². The van der Waals surface area contributed by atoms with Gasteiger partial charge in [0.1, 0.15) is 12.4 Å². The maximum Gasteiger partial charge on any atom is 0.242 e. The van der Waals surface area contributed by atoms with E-state index in [2.05, 4.69) is 35.8 Å². The first kappa shape index (κ1) is 22.6. The number of imidazole rings is 1. The number of nitrogens with zero attached hydrogens (tertiary/aromatic N) is 4. The second kappa shape index (κ2) is 10.00. The lowest BCUT2D eigenvalue weighted by Gasteiger charge is -2.27. The monoisotopic (exact) mass is 458 g/mol. The standard InChI is InChI=1S/C28H34N4O2/c1-2-3-9-21-12-14-23(15-13-21)31-19-22(18-26(31)33)28-29-24-10-5-6-11-25(24)32(28)20-27(34)30-16-7-4-8-17-30/h5-6,10-15,22H,2-4,7-9,16-20H2,1H3/t22-/m1/s1. The number of aromatic nitrogens is 2. The van der Waals surface area contributed by atoms with E-state index in [1.807, 2.05) is 34.1 Å². The van der Waals surface area contributed by atoms with Crippen LogP contribution in [0.4, 0.5) is 5.69 Å². The van der Waals surface area contributed by atoms with E-state index >= 15 is 0 Å². The molecule has 0 aliphatic carbocycles. The highest BCUT2D eigenvalue weighted by Gasteiger charge is 2.35. The first-order valence-corrected chi connectivity index (χ1v) is 12.8. The summed E-state index contributed by atoms with van der Waals surface area (Å²) in [4.78, 5) is 34.9. The SMILES string of the molecule is CCCCc1ccc(N2C[C@H](c3nc4ccccc4n3CC(=O)N3CCCCC3)CC2=O)cc1. The van der Waals surface area contributed by atoms with Crippen molar-refractivity contribution in [2.75, 3.05) is 24.5 Å². The molecule has 0 radical (unpaired) electrons. The average Bonchev–Trinajstić information content (AvgIpc) is 3.44. The molecule has 0 spiro atoms. The van der Waals surface area contributed by atoms with Crippen molar-refractivity contribution < 1.29 is 9.59 Å². The maximum absolute atomic E-state index is 13.1. The van der Waals surface area contributed by atoms with Gasteiger partial charge in [0.25, 0.3) is 0 Å². The van der Waals surface area contributed by atoms with Crippen molar-refractivity contribution in [3.05, 3.63) is 59.9 Å². The van der Waals surface area contributed by atoms with Crippen LogP contribution in [0.2, 0.25) is 0 Å². The minimum Gasteiger partial charge on any atom is -0.341 e. The van der Waals surface area contributed by atoms with Crippen LogP contribution in [0.5, 0.6) is 0 Å². The summed E-state index contributed by atoms with van der Waals surface area (Å²) in [6.45, 7) is 4.75. The van der Waals surface area contributed by atoms with Crippen LogP contribution in [0.3, 0.4) is 0 Å². The molecule has 0 bridgehead atoms. The molecule has 1 atom stereocenters. The van der Waals surface area contributed by atoms with E-state index < -0.39 is 0 Å². The molecule has 6 heteroatoms. The number of anilines is 1. The van der Waals surface area contributed by atoms with Crippen molar-refractivity contribution in [2.24, 2.45) is 0 Å². The summed E-state index contributed by atoms with van der Waals surface area (Å²) < 4.78 is 2.06. The smallest absolute Gasteiger partial charge is 0.242 e. The number of likely N-dealkylation sites (tertiary alicyclic amines) is 1. The van der Waals surface area contributed by atoms with E-state index in [9.17, 15) is 9.59 Å². The fraction of sp³-hybridized carbons (Fsp3) is 0.464. The Balaban J connectivity index is 1.39. The van der Waals surface area contributed by atoms with Crippen molar-refractivity contribution >= 4 is 28.5 Å². The van der Waals surface area contributed by atoms with Gasteiger partial charge in [-0.15, -0.1) is 0 Å². The van der Waals surface area contributed by atoms with Gasteiger partial charge in [-0.3, -0.25) is 9.59 Å². The van der Waals surface area contributed by atoms with Crippen molar-refractivity contribution in [3.63, 3.8) is 0 Å². The summed E-state index contributed by atoms with van der Waals surface area (Å²) in [6.07, 6.45) is 7.19. The Hall–Kier alpha value is -3.15. The van der Waals surface area contributed by atoms with Crippen molar-refractivity contribution in [2.45, 2.75) is 64.3 Å². The zero-order valence-electron chi connectivity index (χ0n) is 20.1. The molecule has 2 saturated heterocycles. The molecule has 5 rings (SSSR count). The molecule has 0 saturated carbocycles. The summed E-state index contributed by atoms with van der Waals surface area (Å²) in [5.74, 6) is 1.08. The van der Waals surface area contributed by atoms with Crippen LogP contribution in [0.25, 0.3) is 11.0 Å². The summed E-state index contributed by atoms with van der Waals surface area (Å²) >= 11 is 0. The number of rotatable bonds is 7. The third-order valence-electron chi connectivity index (χ3n) is 7.24. The fourth-order valence-corrected chi connectivity index (χ4v) is 5.30. The Morgan fingerprint density at radius 1 is 1.03 bits per heavy atom. The fourth-order valence-electron chi connectivity index (χ4n) is 5.30. The molecule has 2 aliphatic heterocycles. The second-order valence-electron chi connectivity index (χ2n) is 9.66. The normalized spacial score (nSPS) is 18.7. The second-order valence-corrected chi connectivity index (χ2v) is 9.66. The van der Waals surface area contributed by atoms with Gasteiger partial charge in [0.2, 0.25) is 11.8 Å². The van der Waals surface area contributed by atoms with Crippen LogP contribution in [0.15, 0.2) is 48.5 Å². The molecule has 2 aromatic carbocycles. The first-order chi connectivity index (χ1) is 16.6. The molecule has 0 unspecified atom stereocenters. The van der Waals surface area contributed by atoms with E-state index in [4.69, 9.17) is 4.98 Å². The summed E-state index contributed by atoms with van der Waals surface area (Å²) in [7, 11) is 0. The maximum atomic E-state index is 13.1. The van der Waals surface area contributed by atoms with Gasteiger partial charge in [-0.2, -0.15) is 0 Å². The zero-order valence-corrected chi connectivity index (χ0v) is 20.1. The number of aryl methyl sites for hydroxylation is 1. The number of piperidine rings is 1. The minimum absolute atomic E-state index is 0.0335. The molecule has 178 valence electrons. The van der Waals surface area contributed by atoms with Gasteiger partial charge in [0.05, 0.1) is 11.0 Å². The number of carbonyl (C=O) groups excluding carboxylic acids is 2. The van der Waals surface area contributed by atoms with Gasteiger partial charge in [-0.1, -0.05) is 37.6 Å². The number of benzene rings is 2. The molecule has 2 fully saturated rings. The summed E-state index contributed by atoms with van der Waals surface area (Å²) in [5, 5.41) is 0. The highest BCUT2D eigenvalue weighted by atomic mass is 16.2. The molecule has 3 heterocycles. The van der Waals surface area contributed by atoms with Crippen LogP contribution < -0.4 is 4.90 Å². The Bertz CT molecular complexity index is 1160. The quantitative estimate of drug-likeness (QED) is 0.505. The predicted molar refractivity (Wildman–Crippen MR) is 135 cm³/mol. The largest absolute Gasteiger partial charge is 0.341 e. The van der Waals surface area contributed by atoms with Crippen molar-refractivity contribution in [1.29, 1.82) is 0 Å². The Morgan fingerprint density at radius 3 is 2.56 bits per heavy atom. The first-order valence-electron chi connectivity index (χ1n) is 12.8. The van der Waals surface area contributed by atoms with Crippen LogP contribution in [-0.4, -0.2) is 45.9 Å². The van der Waals surface area contributed by atoms with E-state index in [0.717, 1.165) is 54.9 Å². The molecule has 34 heavy (non-hydrogen) atoms. The number of hydrogen-bond donors (Lipinski definition) is 0. The number of fused-ring (bicyclic) bond motifs is 1.